The second kappa shape index (κ2) is 13.1. The highest BCUT2D eigenvalue weighted by molar-refractivity contribution is 5.78. The minimum atomic E-state index is -0.839. The second-order valence-electron chi connectivity index (χ2n) is 12.7. The summed E-state index contributed by atoms with van der Waals surface area (Å²) in [6.45, 7) is 15.0. The summed E-state index contributed by atoms with van der Waals surface area (Å²) >= 11 is 0. The number of amides is 1. The number of hydrogen-bond acceptors (Lipinski definition) is 4. The third-order valence-corrected chi connectivity index (χ3v) is 7.97. The van der Waals surface area contributed by atoms with Crippen LogP contribution in [0.15, 0.2) is 23.3 Å². The quantitative estimate of drug-likeness (QED) is 0.339. The topological polar surface area (TPSA) is 97.1 Å². The molecule has 2 unspecified atom stereocenters. The summed E-state index contributed by atoms with van der Waals surface area (Å²) in [6, 6.07) is 0.386. The SMILES string of the molecule is CC.CC1=CCCC(NC(=O)CC(CCC(=O)O)c2nnn(C3CC(CC(C)(C)C)C3)c2C2CC2)C(C)=C1. The molecule has 0 aliphatic heterocycles. The Kier molecular flexibility index (Phi) is 10.4. The minimum Gasteiger partial charge on any atom is -0.481 e. The zero-order chi connectivity index (χ0) is 28.0. The summed E-state index contributed by atoms with van der Waals surface area (Å²) in [5, 5.41) is 21.8. The summed E-state index contributed by atoms with van der Waals surface area (Å²) in [5.74, 6) is 0.0537. The van der Waals surface area contributed by atoms with Crippen molar-refractivity contribution in [2.75, 3.05) is 0 Å². The van der Waals surface area contributed by atoms with Crippen molar-refractivity contribution >= 4 is 11.9 Å². The highest BCUT2D eigenvalue weighted by Crippen LogP contribution is 2.49. The van der Waals surface area contributed by atoms with Crippen molar-refractivity contribution in [1.29, 1.82) is 0 Å². The Bertz CT molecular complexity index is 1020. The van der Waals surface area contributed by atoms with Gasteiger partial charge in [-0.3, -0.25) is 9.59 Å². The molecule has 3 aliphatic carbocycles. The third-order valence-electron chi connectivity index (χ3n) is 7.97. The van der Waals surface area contributed by atoms with Gasteiger partial charge in [-0.05, 0) is 76.5 Å². The van der Waals surface area contributed by atoms with Gasteiger partial charge in [-0.15, -0.1) is 5.10 Å². The van der Waals surface area contributed by atoms with Crippen LogP contribution in [0.4, 0.5) is 0 Å². The smallest absolute Gasteiger partial charge is 0.303 e. The number of carboxylic acids is 1. The van der Waals surface area contributed by atoms with Crippen molar-refractivity contribution in [3.05, 3.63) is 34.7 Å². The molecule has 0 spiro atoms. The van der Waals surface area contributed by atoms with Gasteiger partial charge in [-0.25, -0.2) is 4.68 Å². The van der Waals surface area contributed by atoms with E-state index in [1.807, 2.05) is 13.8 Å². The van der Waals surface area contributed by atoms with Gasteiger partial charge >= 0.3 is 5.97 Å². The van der Waals surface area contributed by atoms with Gasteiger partial charge in [0.2, 0.25) is 5.91 Å². The van der Waals surface area contributed by atoms with E-state index in [1.165, 1.54) is 17.7 Å². The Labute approximate surface area is 229 Å². The van der Waals surface area contributed by atoms with E-state index in [0.717, 1.165) is 55.7 Å². The number of aromatic nitrogens is 3. The molecular weight excluding hydrogens is 476 g/mol. The Hall–Kier alpha value is -2.44. The van der Waals surface area contributed by atoms with E-state index >= 15 is 0 Å². The first-order valence-electron chi connectivity index (χ1n) is 14.8. The van der Waals surface area contributed by atoms with Crippen molar-refractivity contribution in [1.82, 2.24) is 20.3 Å². The van der Waals surface area contributed by atoms with Crippen molar-refractivity contribution in [2.24, 2.45) is 11.3 Å². The van der Waals surface area contributed by atoms with Crippen LogP contribution >= 0.6 is 0 Å². The summed E-state index contributed by atoms with van der Waals surface area (Å²) in [7, 11) is 0. The molecule has 3 aliphatic rings. The van der Waals surface area contributed by atoms with E-state index < -0.39 is 5.97 Å². The molecule has 0 radical (unpaired) electrons. The molecule has 1 heterocycles. The highest BCUT2D eigenvalue weighted by atomic mass is 16.4. The molecule has 212 valence electrons. The number of nitrogens with one attached hydrogen (secondary N) is 1. The molecular formula is C31H50N4O3. The molecule has 1 aromatic rings. The lowest BCUT2D eigenvalue weighted by Crippen LogP contribution is -2.36. The monoisotopic (exact) mass is 526 g/mol. The first-order chi connectivity index (χ1) is 18.0. The Balaban J connectivity index is 0.00000195. The van der Waals surface area contributed by atoms with Gasteiger partial charge in [0, 0.05) is 24.7 Å². The van der Waals surface area contributed by atoms with Gasteiger partial charge in [0.1, 0.15) is 0 Å². The first kappa shape index (κ1) is 30.1. The number of carboxylic acid groups (broad SMARTS) is 1. The molecule has 1 aromatic heterocycles. The molecule has 2 N–H and O–H groups in total. The van der Waals surface area contributed by atoms with Gasteiger partial charge in [-0.2, -0.15) is 0 Å². The van der Waals surface area contributed by atoms with Gasteiger partial charge in [0.15, 0.2) is 0 Å². The normalized spacial score (nSPS) is 24.1. The maximum atomic E-state index is 13.2. The number of aliphatic carboxylic acids is 1. The van der Waals surface area contributed by atoms with E-state index in [1.54, 1.807) is 0 Å². The fourth-order valence-corrected chi connectivity index (χ4v) is 6.08. The van der Waals surface area contributed by atoms with E-state index in [9.17, 15) is 14.7 Å². The minimum absolute atomic E-state index is 0.0136. The molecule has 2 saturated carbocycles. The molecule has 1 amide bonds. The Morgan fingerprint density at radius 3 is 2.45 bits per heavy atom. The largest absolute Gasteiger partial charge is 0.481 e. The van der Waals surface area contributed by atoms with Crippen LogP contribution in [0.25, 0.3) is 0 Å². The van der Waals surface area contributed by atoms with E-state index in [2.05, 4.69) is 67.1 Å². The molecule has 38 heavy (non-hydrogen) atoms. The maximum Gasteiger partial charge on any atom is 0.303 e. The standard InChI is InChI=1S/C29H44N4O3.C2H6/c1-18-7-6-8-24(19(2)13-18)30-25(34)16-22(11-12-26(35)36)27-28(21-9-10-21)33(32-31-27)23-14-20(15-23)17-29(3,4)5;1-2/h7,13,20-24H,6,8-12,14-17H2,1-5H3,(H,30,34)(H,35,36);1-2H3. The van der Waals surface area contributed by atoms with Crippen molar-refractivity contribution in [2.45, 2.75) is 137 Å². The number of carbonyl (C=O) groups is 2. The first-order valence-corrected chi connectivity index (χ1v) is 14.8. The van der Waals surface area contributed by atoms with Gasteiger partial charge < -0.3 is 10.4 Å². The van der Waals surface area contributed by atoms with E-state index in [4.69, 9.17) is 0 Å². The molecule has 0 bridgehead atoms. The van der Waals surface area contributed by atoms with Gasteiger partial charge in [0.25, 0.3) is 0 Å². The summed E-state index contributed by atoms with van der Waals surface area (Å²) < 4.78 is 2.14. The average Bonchev–Trinajstić information content (AvgIpc) is 3.59. The van der Waals surface area contributed by atoms with Crippen molar-refractivity contribution in [3.63, 3.8) is 0 Å². The molecule has 2 fully saturated rings. The molecule has 0 aromatic carbocycles. The molecule has 7 nitrogen and oxygen atoms in total. The summed E-state index contributed by atoms with van der Waals surface area (Å²) in [6.07, 6.45) is 12.5. The lowest BCUT2D eigenvalue weighted by molar-refractivity contribution is -0.137. The number of hydrogen-bond donors (Lipinski definition) is 2. The van der Waals surface area contributed by atoms with Crippen molar-refractivity contribution in [3.8, 4) is 0 Å². The predicted molar refractivity (Wildman–Crippen MR) is 152 cm³/mol. The van der Waals surface area contributed by atoms with Crippen LogP contribution in [0.5, 0.6) is 0 Å². The third kappa shape index (κ3) is 8.28. The molecule has 2 atom stereocenters. The molecule has 4 rings (SSSR count). The zero-order valence-electron chi connectivity index (χ0n) is 24.7. The summed E-state index contributed by atoms with van der Waals surface area (Å²) in [5.41, 5.74) is 4.75. The molecule has 0 saturated heterocycles. The van der Waals surface area contributed by atoms with E-state index in [0.29, 0.717) is 23.8 Å². The van der Waals surface area contributed by atoms with Crippen LogP contribution in [-0.2, 0) is 9.59 Å². The van der Waals surface area contributed by atoms with Crippen LogP contribution in [0, 0.1) is 11.3 Å². The predicted octanol–water partition coefficient (Wildman–Crippen LogP) is 7.08. The van der Waals surface area contributed by atoms with Crippen LogP contribution in [-0.4, -0.2) is 38.0 Å². The number of nitrogens with zero attached hydrogens (tertiary/aromatic N) is 3. The zero-order valence-corrected chi connectivity index (χ0v) is 24.7. The Morgan fingerprint density at radius 1 is 1.16 bits per heavy atom. The maximum absolute atomic E-state index is 13.2. The Morgan fingerprint density at radius 2 is 1.84 bits per heavy atom. The fourth-order valence-electron chi connectivity index (χ4n) is 6.08. The van der Waals surface area contributed by atoms with Crippen LogP contribution < -0.4 is 5.32 Å². The van der Waals surface area contributed by atoms with Gasteiger partial charge in [-0.1, -0.05) is 63.1 Å². The van der Waals surface area contributed by atoms with E-state index in [-0.39, 0.29) is 30.7 Å². The number of allylic oxidation sites excluding steroid dienone is 3. The lowest BCUT2D eigenvalue weighted by atomic mass is 9.71. The van der Waals surface area contributed by atoms with Crippen LogP contribution in [0.2, 0.25) is 0 Å². The highest BCUT2D eigenvalue weighted by Gasteiger charge is 2.40. The number of carbonyl (C=O) groups excluding carboxylic acids is 1. The fraction of sp³-hybridized carbons (Fsp3) is 0.742. The number of rotatable bonds is 10. The lowest BCUT2D eigenvalue weighted by Gasteiger charge is -2.39. The second-order valence-corrected chi connectivity index (χ2v) is 12.7. The van der Waals surface area contributed by atoms with Crippen LogP contribution in [0.3, 0.4) is 0 Å². The molecule has 7 heteroatoms. The average molecular weight is 527 g/mol. The van der Waals surface area contributed by atoms with Crippen LogP contribution in [0.1, 0.15) is 142 Å². The van der Waals surface area contributed by atoms with Gasteiger partial charge in [0.05, 0.1) is 23.5 Å². The summed E-state index contributed by atoms with van der Waals surface area (Å²) in [4.78, 5) is 24.6. The van der Waals surface area contributed by atoms with Crippen molar-refractivity contribution < 1.29 is 14.7 Å².